The lowest BCUT2D eigenvalue weighted by Crippen LogP contribution is -2.54. The minimum Gasteiger partial charge on any atom is -0.429 e. The highest BCUT2D eigenvalue weighted by molar-refractivity contribution is 6.12. The smallest absolute Gasteiger partial charge is 0.429 e. The first-order valence-corrected chi connectivity index (χ1v) is 16.9. The van der Waals surface area contributed by atoms with Crippen molar-refractivity contribution in [1.82, 2.24) is 20.9 Å². The largest absolute Gasteiger partial charge is 0.514 e. The van der Waals surface area contributed by atoms with Gasteiger partial charge in [0.25, 0.3) is 17.5 Å². The summed E-state index contributed by atoms with van der Waals surface area (Å²) in [7, 11) is 0. The Morgan fingerprint density at radius 2 is 1.53 bits per heavy atom. The summed E-state index contributed by atoms with van der Waals surface area (Å²) in [6.45, 7) is 3.72. The van der Waals surface area contributed by atoms with Crippen molar-refractivity contribution in [3.05, 3.63) is 76.4 Å². The summed E-state index contributed by atoms with van der Waals surface area (Å²) in [6.07, 6.45) is 3.50. The second-order valence-corrected chi connectivity index (χ2v) is 12.3. The lowest BCUT2D eigenvalue weighted by molar-refractivity contribution is -0.384. The minimum absolute atomic E-state index is 0.0608. The van der Waals surface area contributed by atoms with E-state index in [9.17, 15) is 43.7 Å². The number of unbranched alkanes of at least 4 members (excludes halogenated alkanes) is 2. The van der Waals surface area contributed by atoms with Gasteiger partial charge in [0.2, 0.25) is 17.7 Å². The Morgan fingerprint density at radius 1 is 0.868 bits per heavy atom. The molecule has 0 radical (unpaired) electrons. The standard InChI is InChI=1S/C35H43N7O11/c1-22(2)31(40-28(43)8-4-3-5-20-41-29(44)17-18-30(41)45)33(47)39-27(7-6-19-37-34(36)48)32(46)38-24-11-9-23(10-12-24)21-52-35(49)53-26-15-13-25(14-16-26)42(50)51/h9-18,22,27,31H,3-8,19-21H2,1-2H3,(H,38,46)(H,39,47)(H,40,43)(H3,36,37,48)/t27?,31-/m0/s1. The number of non-ortho nitro benzene ring substituents is 1. The van der Waals surface area contributed by atoms with Gasteiger partial charge in [-0.25, -0.2) is 9.59 Å². The highest BCUT2D eigenvalue weighted by Gasteiger charge is 2.29. The number of nitrogens with one attached hydrogen (secondary N) is 4. The Labute approximate surface area is 304 Å². The Balaban J connectivity index is 1.52. The number of urea groups is 1. The zero-order valence-corrected chi connectivity index (χ0v) is 29.3. The van der Waals surface area contributed by atoms with E-state index in [2.05, 4.69) is 21.3 Å². The zero-order chi connectivity index (χ0) is 38.9. The van der Waals surface area contributed by atoms with E-state index < -0.39 is 41.0 Å². The molecule has 1 aliphatic heterocycles. The average Bonchev–Trinajstić information content (AvgIpc) is 3.43. The van der Waals surface area contributed by atoms with E-state index in [-0.39, 0.29) is 74.0 Å². The molecule has 0 saturated carbocycles. The number of nitro groups is 1. The van der Waals surface area contributed by atoms with Crippen molar-refractivity contribution >= 4 is 53.1 Å². The average molecular weight is 738 g/mol. The molecule has 1 heterocycles. The predicted octanol–water partition coefficient (Wildman–Crippen LogP) is 2.81. The van der Waals surface area contributed by atoms with Crippen molar-refractivity contribution in [3.63, 3.8) is 0 Å². The van der Waals surface area contributed by atoms with Gasteiger partial charge in [0.15, 0.2) is 0 Å². The van der Waals surface area contributed by atoms with Crippen LogP contribution in [0.4, 0.5) is 21.0 Å². The molecule has 0 aliphatic carbocycles. The number of hydrogen-bond acceptors (Lipinski definition) is 11. The normalized spacial score (nSPS) is 13.2. The molecular weight excluding hydrogens is 694 g/mol. The van der Waals surface area contributed by atoms with Crippen LogP contribution in [0.2, 0.25) is 0 Å². The first-order chi connectivity index (χ1) is 25.2. The van der Waals surface area contributed by atoms with E-state index in [0.29, 0.717) is 30.5 Å². The summed E-state index contributed by atoms with van der Waals surface area (Å²) in [6, 6.07) is 8.42. The molecule has 18 nitrogen and oxygen atoms in total. The summed E-state index contributed by atoms with van der Waals surface area (Å²) in [4.78, 5) is 97.3. The van der Waals surface area contributed by atoms with Gasteiger partial charge in [0.1, 0.15) is 24.4 Å². The maximum atomic E-state index is 13.4. The van der Waals surface area contributed by atoms with Gasteiger partial charge in [-0.05, 0) is 61.4 Å². The van der Waals surface area contributed by atoms with Crippen molar-refractivity contribution in [1.29, 1.82) is 0 Å². The van der Waals surface area contributed by atoms with Crippen LogP contribution in [0.15, 0.2) is 60.7 Å². The van der Waals surface area contributed by atoms with Crippen LogP contribution in [-0.2, 0) is 35.3 Å². The van der Waals surface area contributed by atoms with E-state index in [1.807, 2.05) is 0 Å². The maximum absolute atomic E-state index is 13.4. The molecule has 0 spiro atoms. The zero-order valence-electron chi connectivity index (χ0n) is 29.3. The number of carbonyl (C=O) groups excluding carboxylic acids is 7. The van der Waals surface area contributed by atoms with E-state index in [1.54, 1.807) is 38.1 Å². The third-order valence-electron chi connectivity index (χ3n) is 7.88. The number of nitrogens with zero attached hydrogens (tertiary/aromatic N) is 2. The van der Waals surface area contributed by atoms with Crippen LogP contribution in [0, 0.1) is 16.0 Å². The molecule has 284 valence electrons. The molecule has 7 amide bonds. The van der Waals surface area contributed by atoms with Crippen molar-refractivity contribution < 1.29 is 48.0 Å². The fourth-order valence-electron chi connectivity index (χ4n) is 5.03. The maximum Gasteiger partial charge on any atom is 0.514 e. The molecule has 0 fully saturated rings. The summed E-state index contributed by atoms with van der Waals surface area (Å²) < 4.78 is 10.1. The number of rotatable bonds is 20. The number of amides is 7. The topological polar surface area (TPSA) is 258 Å². The molecule has 0 bridgehead atoms. The van der Waals surface area contributed by atoms with Crippen molar-refractivity contribution in [3.8, 4) is 5.75 Å². The van der Waals surface area contributed by atoms with Gasteiger partial charge in [-0.15, -0.1) is 0 Å². The Hall–Kier alpha value is -6.33. The van der Waals surface area contributed by atoms with Gasteiger partial charge in [0, 0.05) is 49.5 Å². The summed E-state index contributed by atoms with van der Waals surface area (Å²) >= 11 is 0. The van der Waals surface area contributed by atoms with E-state index in [1.165, 1.54) is 36.4 Å². The van der Waals surface area contributed by atoms with Gasteiger partial charge >= 0.3 is 12.2 Å². The third-order valence-corrected chi connectivity index (χ3v) is 7.88. The monoisotopic (exact) mass is 737 g/mol. The number of carbonyl (C=O) groups is 7. The second kappa shape index (κ2) is 20.5. The van der Waals surface area contributed by atoms with Gasteiger partial charge in [-0.2, -0.15) is 0 Å². The quantitative estimate of drug-likeness (QED) is 0.0330. The first-order valence-electron chi connectivity index (χ1n) is 16.9. The third kappa shape index (κ3) is 14.1. The predicted molar refractivity (Wildman–Crippen MR) is 189 cm³/mol. The fourth-order valence-corrected chi connectivity index (χ4v) is 5.03. The Bertz CT molecular complexity index is 1660. The molecule has 2 atom stereocenters. The van der Waals surface area contributed by atoms with Crippen molar-refractivity contribution in [2.75, 3.05) is 18.4 Å². The van der Waals surface area contributed by atoms with Crippen LogP contribution >= 0.6 is 0 Å². The summed E-state index contributed by atoms with van der Waals surface area (Å²) in [5.41, 5.74) is 5.89. The number of ether oxygens (including phenoxy) is 2. The number of imide groups is 1. The van der Waals surface area contributed by atoms with Gasteiger partial charge < -0.3 is 36.5 Å². The van der Waals surface area contributed by atoms with Crippen LogP contribution in [0.1, 0.15) is 57.9 Å². The van der Waals surface area contributed by atoms with E-state index >= 15 is 0 Å². The van der Waals surface area contributed by atoms with Gasteiger partial charge in [0.05, 0.1) is 4.92 Å². The Kier molecular flexibility index (Phi) is 15.9. The Morgan fingerprint density at radius 3 is 2.13 bits per heavy atom. The lowest BCUT2D eigenvalue weighted by atomic mass is 10.0. The van der Waals surface area contributed by atoms with Crippen molar-refractivity contribution in [2.45, 2.75) is 71.1 Å². The fraction of sp³-hybridized carbons (Fsp3) is 0.400. The molecule has 2 aromatic carbocycles. The lowest BCUT2D eigenvalue weighted by Gasteiger charge is -2.25. The van der Waals surface area contributed by atoms with Crippen LogP contribution < -0.4 is 31.7 Å². The number of benzene rings is 2. The number of hydrogen-bond donors (Lipinski definition) is 5. The highest BCUT2D eigenvalue weighted by atomic mass is 16.7. The molecule has 53 heavy (non-hydrogen) atoms. The second-order valence-electron chi connectivity index (χ2n) is 12.3. The van der Waals surface area contributed by atoms with E-state index in [0.717, 1.165) is 4.90 Å². The summed E-state index contributed by atoms with van der Waals surface area (Å²) in [5.74, 6) is -2.51. The molecule has 0 saturated heterocycles. The van der Waals surface area contributed by atoms with Crippen LogP contribution in [0.5, 0.6) is 5.75 Å². The first kappa shape index (κ1) is 41.1. The number of anilines is 1. The van der Waals surface area contributed by atoms with E-state index in [4.69, 9.17) is 15.2 Å². The number of nitro benzene ring substituents is 1. The highest BCUT2D eigenvalue weighted by Crippen LogP contribution is 2.18. The molecule has 6 N–H and O–H groups in total. The summed E-state index contributed by atoms with van der Waals surface area (Å²) in [5, 5.41) is 21.4. The SMILES string of the molecule is CC(C)[C@H](NC(=O)CCCCCN1C(=O)C=CC1=O)C(=O)NC(CCCNC(N)=O)C(=O)Nc1ccc(COC(=O)Oc2ccc([N+](=O)[O-])cc2)cc1. The number of nitrogens with two attached hydrogens (primary N) is 1. The molecule has 3 rings (SSSR count). The number of primary amides is 1. The molecule has 1 unspecified atom stereocenters. The van der Waals surface area contributed by atoms with Crippen molar-refractivity contribution in [2.24, 2.45) is 11.7 Å². The molecule has 2 aromatic rings. The van der Waals surface area contributed by atoms with Crippen LogP contribution in [-0.4, -0.2) is 76.7 Å². The van der Waals surface area contributed by atoms with Gasteiger partial charge in [-0.3, -0.25) is 39.0 Å². The molecule has 18 heteroatoms. The van der Waals surface area contributed by atoms with Gasteiger partial charge in [-0.1, -0.05) is 32.4 Å². The molecule has 0 aromatic heterocycles. The molecular formula is C35H43N7O11. The van der Waals surface area contributed by atoms with Crippen LogP contribution in [0.25, 0.3) is 0 Å². The van der Waals surface area contributed by atoms with Crippen LogP contribution in [0.3, 0.4) is 0 Å². The molecule has 1 aliphatic rings. The minimum atomic E-state index is -1.06.